The summed E-state index contributed by atoms with van der Waals surface area (Å²) in [5, 5.41) is 3.55. The molecule has 2 unspecified atom stereocenters. The van der Waals surface area contributed by atoms with Gasteiger partial charge in [-0.25, -0.2) is 0 Å². The van der Waals surface area contributed by atoms with Crippen molar-refractivity contribution < 1.29 is 9.53 Å². The second kappa shape index (κ2) is 4.37. The van der Waals surface area contributed by atoms with Gasteiger partial charge in [0.2, 0.25) is 0 Å². The number of hydrogen-bond acceptors (Lipinski definition) is 3. The van der Waals surface area contributed by atoms with E-state index in [1.807, 2.05) is 34.6 Å². The van der Waals surface area contributed by atoms with E-state index in [-0.39, 0.29) is 5.97 Å². The molecule has 0 spiro atoms. The number of esters is 1. The van der Waals surface area contributed by atoms with Crippen molar-refractivity contribution in [3.05, 3.63) is 11.6 Å². The van der Waals surface area contributed by atoms with E-state index in [2.05, 4.69) is 11.4 Å². The number of carbonyl (C=O) groups excluding carboxylic acids is 1. The van der Waals surface area contributed by atoms with Gasteiger partial charge in [0.05, 0.1) is 5.41 Å². The van der Waals surface area contributed by atoms with Crippen LogP contribution in [0, 0.1) is 5.41 Å². The van der Waals surface area contributed by atoms with Crippen LogP contribution in [0.25, 0.3) is 0 Å². The Kier molecular flexibility index (Phi) is 3.30. The minimum atomic E-state index is -0.504. The van der Waals surface area contributed by atoms with Gasteiger partial charge in [-0.15, -0.1) is 0 Å². The van der Waals surface area contributed by atoms with Gasteiger partial charge in [-0.05, 0) is 53.9 Å². The molecule has 2 rings (SSSR count). The number of rotatable bonds is 2. The number of hydrogen-bond donors (Lipinski definition) is 1. The Balaban J connectivity index is 2.13. The Bertz CT molecular complexity index is 376. The third-order valence-corrected chi connectivity index (χ3v) is 3.86. The van der Waals surface area contributed by atoms with Gasteiger partial charge in [0.25, 0.3) is 0 Å². The third kappa shape index (κ3) is 2.77. The SMILES string of the molecule is CC(C)(C)OC(=O)C(C)(C)C1=CC2CCC(C1)N2. The van der Waals surface area contributed by atoms with Crippen LogP contribution in [0.1, 0.15) is 53.9 Å². The number of ether oxygens (including phenoxy) is 1. The van der Waals surface area contributed by atoms with Crippen molar-refractivity contribution in [3.8, 4) is 0 Å². The van der Waals surface area contributed by atoms with Gasteiger partial charge in [-0.1, -0.05) is 11.6 Å². The molecule has 18 heavy (non-hydrogen) atoms. The maximum absolute atomic E-state index is 12.3. The predicted molar refractivity (Wildman–Crippen MR) is 72.3 cm³/mol. The van der Waals surface area contributed by atoms with Crippen molar-refractivity contribution in [2.24, 2.45) is 5.41 Å². The lowest BCUT2D eigenvalue weighted by atomic mass is 9.79. The maximum atomic E-state index is 12.3. The van der Waals surface area contributed by atoms with E-state index in [0.29, 0.717) is 12.1 Å². The summed E-state index contributed by atoms with van der Waals surface area (Å²) in [6.07, 6.45) is 5.63. The standard InChI is InChI=1S/C15H25NO2/c1-14(2,3)18-13(17)15(4,5)10-8-11-6-7-12(9-10)16-11/h8,11-12,16H,6-7,9H2,1-5H3. The minimum Gasteiger partial charge on any atom is -0.459 e. The van der Waals surface area contributed by atoms with Crippen LogP contribution in [0.3, 0.4) is 0 Å². The Hall–Kier alpha value is -0.830. The van der Waals surface area contributed by atoms with Crippen LogP contribution in [0.4, 0.5) is 0 Å². The first-order chi connectivity index (χ1) is 8.18. The summed E-state index contributed by atoms with van der Waals surface area (Å²) in [6.45, 7) is 9.72. The molecule has 2 atom stereocenters. The molecule has 0 amide bonds. The first-order valence-electron chi connectivity index (χ1n) is 6.89. The number of nitrogens with one attached hydrogen (secondary N) is 1. The van der Waals surface area contributed by atoms with E-state index in [1.165, 1.54) is 18.4 Å². The topological polar surface area (TPSA) is 38.3 Å². The third-order valence-electron chi connectivity index (χ3n) is 3.86. The summed E-state index contributed by atoms with van der Waals surface area (Å²) >= 11 is 0. The van der Waals surface area contributed by atoms with Crippen molar-refractivity contribution in [3.63, 3.8) is 0 Å². The molecule has 3 heteroatoms. The molecule has 2 heterocycles. The summed E-state index contributed by atoms with van der Waals surface area (Å²) in [5.41, 5.74) is 0.319. The van der Waals surface area contributed by atoms with Gasteiger partial charge >= 0.3 is 5.97 Å². The average molecular weight is 251 g/mol. The summed E-state index contributed by atoms with van der Waals surface area (Å²) in [7, 11) is 0. The van der Waals surface area contributed by atoms with Crippen LogP contribution in [0.2, 0.25) is 0 Å². The lowest BCUT2D eigenvalue weighted by Gasteiger charge is -2.34. The zero-order valence-electron chi connectivity index (χ0n) is 12.2. The molecule has 0 aromatic rings. The van der Waals surface area contributed by atoms with E-state index in [9.17, 15) is 4.79 Å². The normalized spacial score (nSPS) is 27.9. The molecular weight excluding hydrogens is 226 g/mol. The fraction of sp³-hybridized carbons (Fsp3) is 0.800. The Morgan fingerprint density at radius 2 is 1.94 bits per heavy atom. The molecule has 0 radical (unpaired) electrons. The van der Waals surface area contributed by atoms with Gasteiger partial charge in [0.15, 0.2) is 0 Å². The second-order valence-electron chi connectivity index (χ2n) is 7.07. The molecule has 0 aromatic carbocycles. The highest BCUT2D eigenvalue weighted by molar-refractivity contribution is 5.80. The Morgan fingerprint density at radius 3 is 2.50 bits per heavy atom. The number of carbonyl (C=O) groups is 1. The molecule has 0 aromatic heterocycles. The molecule has 1 fully saturated rings. The first-order valence-corrected chi connectivity index (χ1v) is 6.89. The lowest BCUT2D eigenvalue weighted by molar-refractivity contribution is -0.163. The van der Waals surface area contributed by atoms with E-state index >= 15 is 0 Å². The smallest absolute Gasteiger partial charge is 0.316 e. The van der Waals surface area contributed by atoms with E-state index in [4.69, 9.17) is 4.74 Å². The first kappa shape index (κ1) is 13.6. The minimum absolute atomic E-state index is 0.109. The monoisotopic (exact) mass is 251 g/mol. The van der Waals surface area contributed by atoms with E-state index in [0.717, 1.165) is 6.42 Å². The van der Waals surface area contributed by atoms with E-state index < -0.39 is 11.0 Å². The molecule has 1 saturated heterocycles. The summed E-state index contributed by atoms with van der Waals surface area (Å²) in [5.74, 6) is -0.109. The van der Waals surface area contributed by atoms with Crippen molar-refractivity contribution in [2.75, 3.05) is 0 Å². The van der Waals surface area contributed by atoms with Crippen LogP contribution in [0.5, 0.6) is 0 Å². The summed E-state index contributed by atoms with van der Waals surface area (Å²) in [6, 6.07) is 1.01. The highest BCUT2D eigenvalue weighted by Gasteiger charge is 2.40. The van der Waals surface area contributed by atoms with E-state index in [1.54, 1.807) is 0 Å². The van der Waals surface area contributed by atoms with Crippen molar-refractivity contribution >= 4 is 5.97 Å². The van der Waals surface area contributed by atoms with Gasteiger partial charge < -0.3 is 10.1 Å². The lowest BCUT2D eigenvalue weighted by Crippen LogP contribution is -2.40. The van der Waals surface area contributed by atoms with Gasteiger partial charge in [0, 0.05) is 12.1 Å². The second-order valence-corrected chi connectivity index (χ2v) is 7.07. The molecule has 2 bridgehead atoms. The van der Waals surface area contributed by atoms with Gasteiger partial charge in [-0.2, -0.15) is 0 Å². The molecule has 2 aliphatic heterocycles. The number of fused-ring (bicyclic) bond motifs is 2. The zero-order chi connectivity index (χ0) is 13.6. The highest BCUT2D eigenvalue weighted by atomic mass is 16.6. The molecule has 1 N–H and O–H groups in total. The van der Waals surface area contributed by atoms with Gasteiger partial charge in [0.1, 0.15) is 5.60 Å². The molecule has 3 nitrogen and oxygen atoms in total. The van der Waals surface area contributed by atoms with Crippen LogP contribution in [-0.2, 0) is 9.53 Å². The van der Waals surface area contributed by atoms with Crippen molar-refractivity contribution in [1.82, 2.24) is 5.32 Å². The van der Waals surface area contributed by atoms with Gasteiger partial charge in [-0.3, -0.25) is 4.79 Å². The maximum Gasteiger partial charge on any atom is 0.316 e. The molecular formula is C15H25NO2. The van der Waals surface area contributed by atoms with Crippen molar-refractivity contribution in [1.29, 1.82) is 0 Å². The fourth-order valence-corrected chi connectivity index (χ4v) is 2.72. The fourth-order valence-electron chi connectivity index (χ4n) is 2.72. The predicted octanol–water partition coefficient (Wildman–Crippen LogP) is 2.81. The van der Waals surface area contributed by atoms with Crippen molar-refractivity contribution in [2.45, 2.75) is 71.6 Å². The highest BCUT2D eigenvalue weighted by Crippen LogP contribution is 2.38. The quantitative estimate of drug-likeness (QED) is 0.606. The molecule has 0 saturated carbocycles. The summed E-state index contributed by atoms with van der Waals surface area (Å²) < 4.78 is 5.55. The average Bonchev–Trinajstić information content (AvgIpc) is 2.55. The Morgan fingerprint density at radius 1 is 1.28 bits per heavy atom. The van der Waals surface area contributed by atoms with Crippen LogP contribution in [-0.4, -0.2) is 23.7 Å². The largest absolute Gasteiger partial charge is 0.459 e. The Labute approximate surface area is 110 Å². The molecule has 2 aliphatic rings. The summed E-state index contributed by atoms with van der Waals surface area (Å²) in [4.78, 5) is 12.3. The molecule has 102 valence electrons. The van der Waals surface area contributed by atoms with Crippen LogP contribution < -0.4 is 5.32 Å². The molecule has 0 aliphatic carbocycles. The van der Waals surface area contributed by atoms with Crippen LogP contribution in [0.15, 0.2) is 11.6 Å². The zero-order valence-corrected chi connectivity index (χ0v) is 12.2. The van der Waals surface area contributed by atoms with Crippen LogP contribution >= 0.6 is 0 Å².